The minimum absolute atomic E-state index is 0.0315. The number of rotatable bonds is 7. The van der Waals surface area contributed by atoms with Gasteiger partial charge in [-0.15, -0.1) is 0 Å². The quantitative estimate of drug-likeness (QED) is 0.513. The molecule has 1 aromatic heterocycles. The zero-order chi connectivity index (χ0) is 25.2. The van der Waals surface area contributed by atoms with Crippen LogP contribution >= 0.6 is 0 Å². The highest BCUT2D eigenvalue weighted by molar-refractivity contribution is 7.89. The topological polar surface area (TPSA) is 119 Å². The third-order valence-corrected chi connectivity index (χ3v) is 8.07. The van der Waals surface area contributed by atoms with E-state index < -0.39 is 27.3 Å². The van der Waals surface area contributed by atoms with Gasteiger partial charge in [0.25, 0.3) is 5.56 Å². The summed E-state index contributed by atoms with van der Waals surface area (Å²) in [6.45, 7) is 0. The molecule has 1 heterocycles. The van der Waals surface area contributed by atoms with Crippen molar-refractivity contribution in [1.29, 1.82) is 0 Å². The summed E-state index contributed by atoms with van der Waals surface area (Å²) in [5, 5.41) is 3.12. The fraction of sp³-hybridized carbons (Fsp3) is 0.400. The molecule has 10 heteroatoms. The van der Waals surface area contributed by atoms with Crippen LogP contribution in [0.15, 0.2) is 63.0 Å². The molecule has 0 radical (unpaired) electrons. The molecule has 0 unspecified atom stereocenters. The molecule has 4 rings (SSSR count). The Kier molecular flexibility index (Phi) is 7.23. The molecule has 35 heavy (non-hydrogen) atoms. The number of sulfonamides is 1. The molecule has 2 N–H and O–H groups in total. The second-order valence-corrected chi connectivity index (χ2v) is 10.8. The van der Waals surface area contributed by atoms with E-state index >= 15 is 0 Å². The zero-order valence-electron chi connectivity index (χ0n) is 19.9. The van der Waals surface area contributed by atoms with Gasteiger partial charge in [0.2, 0.25) is 15.9 Å². The van der Waals surface area contributed by atoms with Crippen LogP contribution in [0.3, 0.4) is 0 Å². The van der Waals surface area contributed by atoms with E-state index in [-0.39, 0.29) is 28.7 Å². The third kappa shape index (κ3) is 5.38. The van der Waals surface area contributed by atoms with Crippen molar-refractivity contribution < 1.29 is 13.2 Å². The standard InChI is InChI=1S/C25H30N4O5S/c1-28-22-14-13-19(16-20(22)24(31)29(2)25(28)32)35(33,34)27-21(15-17-9-5-3-6-10-17)23(30)26-18-11-7-4-8-12-18/h3,5-6,9-10,13-14,16,18,21,27H,4,7-8,11-12,15H2,1-2H3,(H,26,30)/t21-/m1/s1. The van der Waals surface area contributed by atoms with Crippen molar-refractivity contribution in [1.82, 2.24) is 19.2 Å². The van der Waals surface area contributed by atoms with E-state index in [1.165, 1.54) is 36.9 Å². The normalized spacial score (nSPS) is 15.7. The van der Waals surface area contributed by atoms with Gasteiger partial charge in [0, 0.05) is 20.1 Å². The Bertz CT molecular complexity index is 1450. The van der Waals surface area contributed by atoms with Gasteiger partial charge >= 0.3 is 5.69 Å². The monoisotopic (exact) mass is 498 g/mol. The summed E-state index contributed by atoms with van der Waals surface area (Å²) in [7, 11) is -1.30. The number of nitrogens with zero attached hydrogens (tertiary/aromatic N) is 2. The molecule has 2 aromatic carbocycles. The summed E-state index contributed by atoms with van der Waals surface area (Å²) in [5.74, 6) is -0.372. The number of amides is 1. The Morgan fingerprint density at radius 2 is 1.69 bits per heavy atom. The lowest BCUT2D eigenvalue weighted by atomic mass is 9.95. The van der Waals surface area contributed by atoms with Crippen LogP contribution in [0.5, 0.6) is 0 Å². The Balaban J connectivity index is 1.66. The number of aryl methyl sites for hydroxylation is 1. The number of nitrogens with one attached hydrogen (secondary N) is 2. The first-order chi connectivity index (χ1) is 16.7. The molecule has 3 aromatic rings. The lowest BCUT2D eigenvalue weighted by Crippen LogP contribution is -2.51. The first-order valence-corrected chi connectivity index (χ1v) is 13.2. The molecule has 1 aliphatic carbocycles. The third-order valence-electron chi connectivity index (χ3n) is 6.60. The van der Waals surface area contributed by atoms with E-state index in [0.29, 0.717) is 5.52 Å². The maximum Gasteiger partial charge on any atom is 0.330 e. The lowest BCUT2D eigenvalue weighted by Gasteiger charge is -2.26. The summed E-state index contributed by atoms with van der Waals surface area (Å²) in [5.41, 5.74) is 0.0591. The van der Waals surface area contributed by atoms with Gasteiger partial charge in [0.15, 0.2) is 0 Å². The predicted molar refractivity (Wildman–Crippen MR) is 134 cm³/mol. The summed E-state index contributed by atoms with van der Waals surface area (Å²) in [6.07, 6.45) is 5.15. The molecule has 1 fully saturated rings. The average Bonchev–Trinajstić information content (AvgIpc) is 2.86. The van der Waals surface area contributed by atoms with Crippen LogP contribution in [0.4, 0.5) is 0 Å². The van der Waals surface area contributed by atoms with E-state index in [1.54, 1.807) is 0 Å². The highest BCUT2D eigenvalue weighted by Gasteiger charge is 2.28. The van der Waals surface area contributed by atoms with Crippen LogP contribution in [-0.2, 0) is 35.3 Å². The van der Waals surface area contributed by atoms with Crippen molar-refractivity contribution in [2.24, 2.45) is 14.1 Å². The number of aromatic nitrogens is 2. The van der Waals surface area contributed by atoms with Gasteiger partial charge in [-0.3, -0.25) is 18.7 Å². The summed E-state index contributed by atoms with van der Waals surface area (Å²) in [6, 6.07) is 12.2. The van der Waals surface area contributed by atoms with Crippen LogP contribution in [0.25, 0.3) is 10.9 Å². The van der Waals surface area contributed by atoms with Crippen molar-refractivity contribution in [3.8, 4) is 0 Å². The number of hydrogen-bond acceptors (Lipinski definition) is 5. The summed E-state index contributed by atoms with van der Waals surface area (Å²) < 4.78 is 31.5. The Labute approximate surface area is 203 Å². The molecule has 0 saturated heterocycles. The number of benzene rings is 2. The van der Waals surface area contributed by atoms with Crippen LogP contribution in [0, 0.1) is 0 Å². The molecule has 1 amide bonds. The maximum absolute atomic E-state index is 13.4. The van der Waals surface area contributed by atoms with E-state index in [0.717, 1.165) is 42.2 Å². The van der Waals surface area contributed by atoms with Gasteiger partial charge in [-0.05, 0) is 43.0 Å². The Hall–Kier alpha value is -3.24. The summed E-state index contributed by atoms with van der Waals surface area (Å²) in [4.78, 5) is 37.9. The first-order valence-electron chi connectivity index (χ1n) is 11.7. The first kappa shape index (κ1) is 24.9. The molecule has 0 aliphatic heterocycles. The number of carbonyl (C=O) groups excluding carboxylic acids is 1. The van der Waals surface area contributed by atoms with Crippen molar-refractivity contribution in [3.63, 3.8) is 0 Å². The predicted octanol–water partition coefficient (Wildman–Crippen LogP) is 1.58. The van der Waals surface area contributed by atoms with E-state index in [2.05, 4.69) is 10.0 Å². The van der Waals surface area contributed by atoms with Crippen LogP contribution in [0.1, 0.15) is 37.7 Å². The summed E-state index contributed by atoms with van der Waals surface area (Å²) >= 11 is 0. The van der Waals surface area contributed by atoms with Crippen molar-refractivity contribution in [2.75, 3.05) is 0 Å². The molecule has 186 valence electrons. The van der Waals surface area contributed by atoms with E-state index in [4.69, 9.17) is 0 Å². The Morgan fingerprint density at radius 1 is 1.00 bits per heavy atom. The number of hydrogen-bond donors (Lipinski definition) is 2. The van der Waals surface area contributed by atoms with Gasteiger partial charge in [-0.1, -0.05) is 49.6 Å². The second-order valence-electron chi connectivity index (χ2n) is 9.09. The van der Waals surface area contributed by atoms with Gasteiger partial charge < -0.3 is 5.32 Å². The SMILES string of the molecule is Cn1c(=O)c2cc(S(=O)(=O)N[C@H](Cc3ccccc3)C(=O)NC3CCCCC3)ccc2n(C)c1=O. The minimum Gasteiger partial charge on any atom is -0.352 e. The largest absolute Gasteiger partial charge is 0.352 e. The van der Waals surface area contributed by atoms with Gasteiger partial charge in [-0.2, -0.15) is 4.72 Å². The molecule has 0 spiro atoms. The molecular formula is C25H30N4O5S. The van der Waals surface area contributed by atoms with Crippen molar-refractivity contribution >= 4 is 26.8 Å². The van der Waals surface area contributed by atoms with E-state index in [1.807, 2.05) is 30.3 Å². The molecular weight excluding hydrogens is 468 g/mol. The number of fused-ring (bicyclic) bond motifs is 1. The number of carbonyl (C=O) groups is 1. The van der Waals surface area contributed by atoms with Crippen molar-refractivity contribution in [3.05, 3.63) is 74.9 Å². The highest BCUT2D eigenvalue weighted by Crippen LogP contribution is 2.19. The molecule has 1 atom stereocenters. The van der Waals surface area contributed by atoms with Gasteiger partial charge in [0.1, 0.15) is 6.04 Å². The molecule has 1 aliphatic rings. The minimum atomic E-state index is -4.16. The van der Waals surface area contributed by atoms with Crippen molar-refractivity contribution in [2.45, 2.75) is 55.5 Å². The Morgan fingerprint density at radius 3 is 2.37 bits per heavy atom. The maximum atomic E-state index is 13.4. The van der Waals surface area contributed by atoms with Crippen LogP contribution in [0.2, 0.25) is 0 Å². The van der Waals surface area contributed by atoms with Gasteiger partial charge in [-0.25, -0.2) is 13.2 Å². The van der Waals surface area contributed by atoms with Crippen LogP contribution in [-0.4, -0.2) is 35.5 Å². The fourth-order valence-corrected chi connectivity index (χ4v) is 5.80. The smallest absolute Gasteiger partial charge is 0.330 e. The van der Waals surface area contributed by atoms with Crippen LogP contribution < -0.4 is 21.3 Å². The highest BCUT2D eigenvalue weighted by atomic mass is 32.2. The molecule has 1 saturated carbocycles. The fourth-order valence-electron chi connectivity index (χ4n) is 4.58. The zero-order valence-corrected chi connectivity index (χ0v) is 20.7. The average molecular weight is 499 g/mol. The molecule has 0 bridgehead atoms. The molecule has 9 nitrogen and oxygen atoms in total. The lowest BCUT2D eigenvalue weighted by molar-refractivity contribution is -0.123. The second kappa shape index (κ2) is 10.2. The van der Waals surface area contributed by atoms with E-state index in [9.17, 15) is 22.8 Å². The van der Waals surface area contributed by atoms with Gasteiger partial charge in [0.05, 0.1) is 15.8 Å².